The van der Waals surface area contributed by atoms with Gasteiger partial charge in [0.1, 0.15) is 0 Å². The molecule has 0 amide bonds. The topological polar surface area (TPSA) is 52.6 Å². The van der Waals surface area contributed by atoms with Gasteiger partial charge < -0.3 is 9.47 Å². The smallest absolute Gasteiger partial charge is 0.350 e. The summed E-state index contributed by atoms with van der Waals surface area (Å²) in [5.74, 6) is -0.605. The molecular weight excluding hydrogens is 172 g/mol. The van der Waals surface area contributed by atoms with Gasteiger partial charge in [-0.2, -0.15) is 0 Å². The molecule has 4 nitrogen and oxygen atoms in total. The lowest BCUT2D eigenvalue weighted by Gasteiger charge is -2.30. The highest BCUT2D eigenvalue weighted by Crippen LogP contribution is 2.26. The summed E-state index contributed by atoms with van der Waals surface area (Å²) in [6, 6.07) is 0. The molecule has 0 aromatic carbocycles. The molecule has 0 saturated heterocycles. The van der Waals surface area contributed by atoms with E-state index in [0.717, 1.165) is 0 Å². The number of methoxy groups -OCH3 is 1. The normalized spacial score (nSPS) is 26.8. The molecule has 72 valence electrons. The van der Waals surface area contributed by atoms with Crippen molar-refractivity contribution in [1.29, 1.82) is 0 Å². The van der Waals surface area contributed by atoms with E-state index in [-0.39, 0.29) is 12.2 Å². The third kappa shape index (κ3) is 1.71. The highest BCUT2D eigenvalue weighted by atomic mass is 16.6. The molecule has 0 aromatic rings. The van der Waals surface area contributed by atoms with Gasteiger partial charge >= 0.3 is 5.97 Å². The van der Waals surface area contributed by atoms with Gasteiger partial charge in [-0.25, -0.2) is 4.79 Å². The average molecular weight is 184 g/mol. The Morgan fingerprint density at radius 3 is 2.92 bits per heavy atom. The molecule has 1 heterocycles. The van der Waals surface area contributed by atoms with Gasteiger partial charge in [-0.15, -0.1) is 0 Å². The SMILES string of the molecule is CC[C@@]1(C(=O)OC)CC(=O)C=CO1. The Balaban J connectivity index is 2.88. The van der Waals surface area contributed by atoms with Crippen molar-refractivity contribution in [3.63, 3.8) is 0 Å². The molecule has 0 bridgehead atoms. The van der Waals surface area contributed by atoms with Crippen molar-refractivity contribution in [3.8, 4) is 0 Å². The molecule has 1 aliphatic rings. The second-order valence-electron chi connectivity index (χ2n) is 2.90. The molecule has 4 heteroatoms. The van der Waals surface area contributed by atoms with Crippen LogP contribution in [0, 0.1) is 0 Å². The lowest BCUT2D eigenvalue weighted by atomic mass is 9.92. The van der Waals surface area contributed by atoms with Crippen LogP contribution in [0.3, 0.4) is 0 Å². The third-order valence-corrected chi connectivity index (χ3v) is 2.14. The zero-order valence-corrected chi connectivity index (χ0v) is 7.70. The first kappa shape index (κ1) is 9.77. The van der Waals surface area contributed by atoms with Gasteiger partial charge in [0, 0.05) is 6.08 Å². The maximum absolute atomic E-state index is 11.3. The summed E-state index contributed by atoms with van der Waals surface area (Å²) in [7, 11) is 1.28. The zero-order valence-electron chi connectivity index (χ0n) is 7.70. The van der Waals surface area contributed by atoms with Crippen LogP contribution in [0.25, 0.3) is 0 Å². The quantitative estimate of drug-likeness (QED) is 0.596. The van der Waals surface area contributed by atoms with E-state index in [2.05, 4.69) is 4.74 Å². The molecular formula is C9H12O4. The van der Waals surface area contributed by atoms with E-state index < -0.39 is 11.6 Å². The van der Waals surface area contributed by atoms with Crippen molar-refractivity contribution in [2.24, 2.45) is 0 Å². The Morgan fingerprint density at radius 1 is 1.77 bits per heavy atom. The summed E-state index contributed by atoms with van der Waals surface area (Å²) < 4.78 is 9.74. The van der Waals surface area contributed by atoms with Crippen LogP contribution >= 0.6 is 0 Å². The number of rotatable bonds is 2. The maximum Gasteiger partial charge on any atom is 0.350 e. The van der Waals surface area contributed by atoms with Crippen LogP contribution < -0.4 is 0 Å². The van der Waals surface area contributed by atoms with Crippen molar-refractivity contribution < 1.29 is 19.1 Å². The Bertz CT molecular complexity index is 256. The third-order valence-electron chi connectivity index (χ3n) is 2.14. The zero-order chi connectivity index (χ0) is 9.90. The summed E-state index contributed by atoms with van der Waals surface area (Å²) in [5, 5.41) is 0. The van der Waals surface area contributed by atoms with Crippen LogP contribution in [0.1, 0.15) is 19.8 Å². The van der Waals surface area contributed by atoms with Crippen molar-refractivity contribution >= 4 is 11.8 Å². The molecule has 0 fully saturated rings. The van der Waals surface area contributed by atoms with Crippen molar-refractivity contribution in [3.05, 3.63) is 12.3 Å². The van der Waals surface area contributed by atoms with Crippen LogP contribution in [0.2, 0.25) is 0 Å². The second-order valence-corrected chi connectivity index (χ2v) is 2.90. The number of allylic oxidation sites excluding steroid dienone is 1. The van der Waals surface area contributed by atoms with E-state index in [0.29, 0.717) is 6.42 Å². The number of carbonyl (C=O) groups is 2. The predicted octanol–water partition coefficient (Wildman–Crippen LogP) is 0.811. The van der Waals surface area contributed by atoms with Gasteiger partial charge in [0.15, 0.2) is 5.78 Å². The number of carbonyl (C=O) groups excluding carboxylic acids is 2. The summed E-state index contributed by atoms with van der Waals surface area (Å²) in [4.78, 5) is 22.4. The Morgan fingerprint density at radius 2 is 2.46 bits per heavy atom. The van der Waals surface area contributed by atoms with Crippen LogP contribution in [0.5, 0.6) is 0 Å². The molecule has 0 spiro atoms. The summed E-state index contributed by atoms with van der Waals surface area (Å²) in [5.41, 5.74) is -1.10. The number of hydrogen-bond acceptors (Lipinski definition) is 4. The van der Waals surface area contributed by atoms with E-state index >= 15 is 0 Å². The fraction of sp³-hybridized carbons (Fsp3) is 0.556. The summed E-state index contributed by atoms with van der Waals surface area (Å²) in [6.07, 6.45) is 3.06. The first-order chi connectivity index (χ1) is 6.14. The first-order valence-corrected chi connectivity index (χ1v) is 4.10. The van der Waals surface area contributed by atoms with Crippen molar-refractivity contribution in [2.75, 3.05) is 7.11 Å². The number of hydrogen-bond donors (Lipinski definition) is 0. The molecule has 1 atom stereocenters. The fourth-order valence-corrected chi connectivity index (χ4v) is 1.28. The fourth-order valence-electron chi connectivity index (χ4n) is 1.28. The minimum Gasteiger partial charge on any atom is -0.483 e. The van der Waals surface area contributed by atoms with E-state index in [9.17, 15) is 9.59 Å². The molecule has 1 rings (SSSR count). The molecule has 0 aromatic heterocycles. The van der Waals surface area contributed by atoms with Gasteiger partial charge in [-0.05, 0) is 6.42 Å². The standard InChI is InChI=1S/C9H12O4/c1-3-9(8(11)12-2)6-7(10)4-5-13-9/h4-5H,3,6H2,1-2H3/t9-/m0/s1. The molecule has 1 aliphatic heterocycles. The number of esters is 1. The molecule has 0 saturated carbocycles. The van der Waals surface area contributed by atoms with Crippen molar-refractivity contribution in [1.82, 2.24) is 0 Å². The molecule has 0 N–H and O–H groups in total. The average Bonchev–Trinajstić information content (AvgIpc) is 2.16. The molecule has 0 radical (unpaired) electrons. The second kappa shape index (κ2) is 3.60. The molecule has 0 unspecified atom stereocenters. The largest absolute Gasteiger partial charge is 0.483 e. The van der Waals surface area contributed by atoms with Crippen LogP contribution in [-0.2, 0) is 19.1 Å². The molecule has 0 aliphatic carbocycles. The Labute approximate surface area is 76.5 Å². The summed E-state index contributed by atoms with van der Waals surface area (Å²) >= 11 is 0. The van der Waals surface area contributed by atoms with Crippen LogP contribution in [-0.4, -0.2) is 24.5 Å². The van der Waals surface area contributed by atoms with Crippen molar-refractivity contribution in [2.45, 2.75) is 25.4 Å². The van der Waals surface area contributed by atoms with Crippen LogP contribution in [0.4, 0.5) is 0 Å². The lowest BCUT2D eigenvalue weighted by Crippen LogP contribution is -2.44. The minimum absolute atomic E-state index is 0.0622. The van der Waals surface area contributed by atoms with Gasteiger partial charge in [0.25, 0.3) is 0 Å². The number of ether oxygens (including phenoxy) is 2. The lowest BCUT2D eigenvalue weighted by molar-refractivity contribution is -0.167. The Hall–Kier alpha value is -1.32. The predicted molar refractivity (Wildman–Crippen MR) is 44.9 cm³/mol. The summed E-state index contributed by atoms with van der Waals surface area (Å²) in [6.45, 7) is 1.78. The molecule has 13 heavy (non-hydrogen) atoms. The maximum atomic E-state index is 11.3. The van der Waals surface area contributed by atoms with Gasteiger partial charge in [-0.1, -0.05) is 6.92 Å². The van der Waals surface area contributed by atoms with E-state index in [1.54, 1.807) is 6.92 Å². The van der Waals surface area contributed by atoms with Gasteiger partial charge in [0.05, 0.1) is 19.8 Å². The van der Waals surface area contributed by atoms with Crippen LogP contribution in [0.15, 0.2) is 12.3 Å². The Kier molecular flexibility index (Phi) is 2.70. The van der Waals surface area contributed by atoms with E-state index in [1.807, 2.05) is 0 Å². The number of ketones is 1. The van der Waals surface area contributed by atoms with E-state index in [1.165, 1.54) is 19.4 Å². The highest BCUT2D eigenvalue weighted by molar-refractivity contribution is 5.96. The minimum atomic E-state index is -1.10. The van der Waals surface area contributed by atoms with Gasteiger partial charge in [-0.3, -0.25) is 4.79 Å². The van der Waals surface area contributed by atoms with E-state index in [4.69, 9.17) is 4.74 Å². The highest BCUT2D eigenvalue weighted by Gasteiger charge is 2.42. The van der Waals surface area contributed by atoms with Gasteiger partial charge in [0.2, 0.25) is 5.60 Å². The first-order valence-electron chi connectivity index (χ1n) is 4.10. The monoisotopic (exact) mass is 184 g/mol.